The van der Waals surface area contributed by atoms with Crippen LogP contribution in [0.1, 0.15) is 29.5 Å². The summed E-state index contributed by atoms with van der Waals surface area (Å²) in [5.74, 6) is 1.84. The van der Waals surface area contributed by atoms with Crippen LogP contribution in [0.5, 0.6) is 0 Å². The summed E-state index contributed by atoms with van der Waals surface area (Å²) in [5.41, 5.74) is 5.23. The molecule has 1 saturated heterocycles. The van der Waals surface area contributed by atoms with Crippen LogP contribution < -0.4 is 10.2 Å². The fourth-order valence-corrected chi connectivity index (χ4v) is 5.27. The van der Waals surface area contributed by atoms with E-state index in [2.05, 4.69) is 52.2 Å². The average molecular weight is 453 g/mol. The molecule has 1 fully saturated rings. The zero-order chi connectivity index (χ0) is 21.5. The zero-order valence-corrected chi connectivity index (χ0v) is 19.5. The van der Waals surface area contributed by atoms with Crippen LogP contribution in [0, 0.1) is 13.8 Å². The molecule has 1 N–H and O–H groups in total. The Labute approximate surface area is 190 Å². The van der Waals surface area contributed by atoms with Gasteiger partial charge in [-0.15, -0.1) is 11.3 Å². The number of nitrogens with zero attached hydrogens (tertiary/aromatic N) is 5. The third-order valence-electron chi connectivity index (χ3n) is 5.89. The summed E-state index contributed by atoms with van der Waals surface area (Å²) in [6, 6.07) is 8.48. The van der Waals surface area contributed by atoms with Crippen molar-refractivity contribution < 1.29 is 0 Å². The van der Waals surface area contributed by atoms with Gasteiger partial charge in [0.25, 0.3) is 0 Å². The second-order valence-corrected chi connectivity index (χ2v) is 9.44. The van der Waals surface area contributed by atoms with Gasteiger partial charge in [0.2, 0.25) is 0 Å². The van der Waals surface area contributed by atoms with Crippen LogP contribution in [-0.4, -0.2) is 45.7 Å². The van der Waals surface area contributed by atoms with Gasteiger partial charge in [-0.05, 0) is 44.5 Å². The minimum Gasteiger partial charge on any atom is -0.353 e. The van der Waals surface area contributed by atoms with E-state index < -0.39 is 0 Å². The molecule has 160 valence electrons. The molecule has 8 heteroatoms. The van der Waals surface area contributed by atoms with Crippen LogP contribution in [0.2, 0.25) is 5.02 Å². The van der Waals surface area contributed by atoms with Gasteiger partial charge >= 0.3 is 0 Å². The standard InChI is InChI=1S/C23H25ClN6S/c1-14(21-13-31-16(3)28-21)30-15(2)27-20-5-4-17(11-22(20)30)18-10-19(24)23(26-12-18)29-8-6-25-7-9-29/h4-5,10-14,25H,6-9H2,1-3H3. The lowest BCUT2D eigenvalue weighted by Gasteiger charge is -2.29. The molecule has 0 amide bonds. The molecule has 0 aliphatic carbocycles. The number of thiazole rings is 1. The number of benzene rings is 1. The first-order valence-electron chi connectivity index (χ1n) is 10.5. The molecule has 1 aliphatic rings. The Morgan fingerprint density at radius 1 is 1.10 bits per heavy atom. The van der Waals surface area contributed by atoms with Gasteiger partial charge in [0.1, 0.15) is 11.6 Å². The average Bonchev–Trinajstić information content (AvgIpc) is 3.35. The van der Waals surface area contributed by atoms with Crippen molar-refractivity contribution in [3.05, 3.63) is 57.4 Å². The van der Waals surface area contributed by atoms with E-state index >= 15 is 0 Å². The highest BCUT2D eigenvalue weighted by Gasteiger charge is 2.19. The molecule has 3 aromatic heterocycles. The number of hydrogen-bond donors (Lipinski definition) is 1. The van der Waals surface area contributed by atoms with Gasteiger partial charge in [-0.1, -0.05) is 17.7 Å². The summed E-state index contributed by atoms with van der Waals surface area (Å²) in [6.45, 7) is 10.0. The van der Waals surface area contributed by atoms with Crippen molar-refractivity contribution in [1.82, 2.24) is 24.8 Å². The lowest BCUT2D eigenvalue weighted by Crippen LogP contribution is -2.44. The number of rotatable bonds is 4. The molecule has 31 heavy (non-hydrogen) atoms. The first kappa shape index (κ1) is 20.4. The van der Waals surface area contributed by atoms with E-state index in [1.165, 1.54) is 0 Å². The van der Waals surface area contributed by atoms with Crippen molar-refractivity contribution >= 4 is 39.8 Å². The summed E-state index contributed by atoms with van der Waals surface area (Å²) in [6.07, 6.45) is 1.92. The van der Waals surface area contributed by atoms with E-state index in [0.717, 1.165) is 70.7 Å². The molecule has 1 atom stereocenters. The summed E-state index contributed by atoms with van der Waals surface area (Å²) < 4.78 is 2.26. The van der Waals surface area contributed by atoms with Crippen molar-refractivity contribution in [3.8, 4) is 11.1 Å². The maximum absolute atomic E-state index is 6.65. The second-order valence-electron chi connectivity index (χ2n) is 7.97. The lowest BCUT2D eigenvalue weighted by molar-refractivity contribution is 0.585. The van der Waals surface area contributed by atoms with E-state index in [9.17, 15) is 0 Å². The Balaban J connectivity index is 1.53. The molecule has 0 bridgehead atoms. The number of aromatic nitrogens is 4. The van der Waals surface area contributed by atoms with Crippen molar-refractivity contribution in [2.24, 2.45) is 0 Å². The van der Waals surface area contributed by atoms with Crippen molar-refractivity contribution in [2.75, 3.05) is 31.1 Å². The first-order chi connectivity index (χ1) is 15.0. The minimum atomic E-state index is 0.113. The first-order valence-corrected chi connectivity index (χ1v) is 11.8. The van der Waals surface area contributed by atoms with Gasteiger partial charge in [0.05, 0.1) is 32.8 Å². The van der Waals surface area contributed by atoms with Crippen LogP contribution in [0.25, 0.3) is 22.2 Å². The van der Waals surface area contributed by atoms with Gasteiger partial charge in [0, 0.05) is 43.3 Å². The van der Waals surface area contributed by atoms with Crippen LogP contribution in [0.3, 0.4) is 0 Å². The number of hydrogen-bond acceptors (Lipinski definition) is 6. The Morgan fingerprint density at radius 3 is 2.61 bits per heavy atom. The van der Waals surface area contributed by atoms with Gasteiger partial charge in [-0.2, -0.15) is 0 Å². The summed E-state index contributed by atoms with van der Waals surface area (Å²) in [4.78, 5) is 16.4. The van der Waals surface area contributed by atoms with Gasteiger partial charge in [-0.3, -0.25) is 0 Å². The van der Waals surface area contributed by atoms with Crippen molar-refractivity contribution in [3.63, 3.8) is 0 Å². The smallest absolute Gasteiger partial charge is 0.147 e. The van der Waals surface area contributed by atoms with Crippen molar-refractivity contribution in [2.45, 2.75) is 26.8 Å². The quantitative estimate of drug-likeness (QED) is 0.480. The van der Waals surface area contributed by atoms with Gasteiger partial charge in [0.15, 0.2) is 0 Å². The molecule has 4 aromatic rings. The number of fused-ring (bicyclic) bond motifs is 1. The number of pyridine rings is 1. The highest BCUT2D eigenvalue weighted by molar-refractivity contribution is 7.09. The number of imidazole rings is 1. The molecule has 0 radical (unpaired) electrons. The Kier molecular flexibility index (Phi) is 5.42. The normalized spacial score (nSPS) is 15.5. The predicted octanol–water partition coefficient (Wildman–Crippen LogP) is 4.84. The molecule has 1 aromatic carbocycles. The second kappa shape index (κ2) is 8.22. The fourth-order valence-electron chi connectivity index (χ4n) is 4.28. The largest absolute Gasteiger partial charge is 0.353 e. The SMILES string of the molecule is Cc1nc(C(C)n2c(C)nc3ccc(-c4cnc(N5CCNCC5)c(Cl)c4)cc32)cs1. The third kappa shape index (κ3) is 3.82. The highest BCUT2D eigenvalue weighted by atomic mass is 35.5. The number of halogens is 1. The molecule has 0 spiro atoms. The lowest BCUT2D eigenvalue weighted by atomic mass is 10.1. The number of nitrogens with one attached hydrogen (secondary N) is 1. The Hall–Kier alpha value is -2.48. The number of anilines is 1. The van der Waals surface area contributed by atoms with E-state index in [-0.39, 0.29) is 6.04 Å². The molecule has 5 rings (SSSR count). The molecule has 0 saturated carbocycles. The van der Waals surface area contributed by atoms with Crippen LogP contribution >= 0.6 is 22.9 Å². The maximum atomic E-state index is 6.65. The molecule has 1 unspecified atom stereocenters. The predicted molar refractivity (Wildman–Crippen MR) is 128 cm³/mol. The third-order valence-corrected chi connectivity index (χ3v) is 6.96. The van der Waals surface area contributed by atoms with Crippen LogP contribution in [-0.2, 0) is 0 Å². The molecule has 1 aliphatic heterocycles. The van der Waals surface area contributed by atoms with Crippen LogP contribution in [0.4, 0.5) is 5.82 Å². The minimum absolute atomic E-state index is 0.113. The van der Waals surface area contributed by atoms with E-state index in [1.54, 1.807) is 11.3 Å². The number of piperazine rings is 1. The van der Waals surface area contributed by atoms with Gasteiger partial charge in [-0.25, -0.2) is 15.0 Å². The monoisotopic (exact) mass is 452 g/mol. The fraction of sp³-hybridized carbons (Fsp3) is 0.348. The van der Waals surface area contributed by atoms with Gasteiger partial charge < -0.3 is 14.8 Å². The van der Waals surface area contributed by atoms with E-state index in [0.29, 0.717) is 5.02 Å². The zero-order valence-electron chi connectivity index (χ0n) is 17.9. The van der Waals surface area contributed by atoms with Crippen molar-refractivity contribution in [1.29, 1.82) is 0 Å². The maximum Gasteiger partial charge on any atom is 0.147 e. The Morgan fingerprint density at radius 2 is 1.90 bits per heavy atom. The molecular formula is C23H25ClN6S. The van der Waals surface area contributed by atoms with E-state index in [4.69, 9.17) is 26.6 Å². The van der Waals surface area contributed by atoms with Crippen LogP contribution in [0.15, 0.2) is 35.8 Å². The summed E-state index contributed by atoms with van der Waals surface area (Å²) in [7, 11) is 0. The molecular weight excluding hydrogens is 428 g/mol. The summed E-state index contributed by atoms with van der Waals surface area (Å²) in [5, 5.41) is 7.26. The van der Waals surface area contributed by atoms with E-state index in [1.807, 2.05) is 19.2 Å². The number of aryl methyl sites for hydroxylation is 2. The topological polar surface area (TPSA) is 58.9 Å². The molecule has 4 heterocycles. The Bertz CT molecular complexity index is 1240. The molecule has 6 nitrogen and oxygen atoms in total. The summed E-state index contributed by atoms with van der Waals surface area (Å²) >= 11 is 8.33. The highest BCUT2D eigenvalue weighted by Crippen LogP contribution is 2.33.